The third-order valence-corrected chi connectivity index (χ3v) is 4.40. The second-order valence-corrected chi connectivity index (χ2v) is 5.56. The quantitative estimate of drug-likeness (QED) is 0.721. The molecule has 16 heavy (non-hydrogen) atoms. The molecule has 0 radical (unpaired) electrons. The zero-order valence-electron chi connectivity index (χ0n) is 10.1. The molecule has 0 aliphatic heterocycles. The number of hydrogen-bond acceptors (Lipinski definition) is 2. The Labute approximate surface area is 96.4 Å². The van der Waals surface area contributed by atoms with Crippen molar-refractivity contribution in [2.45, 2.75) is 44.4 Å². The molecule has 1 aromatic rings. The van der Waals surface area contributed by atoms with Crippen molar-refractivity contribution in [2.75, 3.05) is 7.05 Å². The Morgan fingerprint density at radius 1 is 1.50 bits per heavy atom. The summed E-state index contributed by atoms with van der Waals surface area (Å²) in [6.07, 6.45) is 8.43. The molecule has 0 amide bonds. The number of nitrogens with one attached hydrogen (secondary N) is 1. The fourth-order valence-electron chi connectivity index (χ4n) is 3.55. The average Bonchev–Trinajstić information content (AvgIpc) is 2.77. The summed E-state index contributed by atoms with van der Waals surface area (Å²) in [5.74, 6) is 0.928. The lowest BCUT2D eigenvalue weighted by Crippen LogP contribution is -2.18. The van der Waals surface area contributed by atoms with E-state index in [4.69, 9.17) is 0 Å². The van der Waals surface area contributed by atoms with Gasteiger partial charge in [-0.25, -0.2) is 0 Å². The van der Waals surface area contributed by atoms with Crippen molar-refractivity contribution in [3.63, 3.8) is 0 Å². The van der Waals surface area contributed by atoms with Crippen LogP contribution in [0.1, 0.15) is 49.6 Å². The number of H-pyrrole nitrogens is 1. The van der Waals surface area contributed by atoms with Gasteiger partial charge in [0.1, 0.15) is 5.69 Å². The Bertz CT molecular complexity index is 432. The number of aromatic amines is 1. The number of rotatable bonds is 1. The van der Waals surface area contributed by atoms with Gasteiger partial charge in [0.2, 0.25) is 0 Å². The molecule has 0 spiro atoms. The third-order valence-electron chi connectivity index (χ3n) is 4.40. The summed E-state index contributed by atoms with van der Waals surface area (Å²) in [6.45, 7) is 2.39. The molecular weight excluding hydrogens is 198 g/mol. The van der Waals surface area contributed by atoms with Crippen LogP contribution >= 0.6 is 0 Å². The number of hydrogen-bond donors (Lipinski definition) is 1. The first-order valence-corrected chi connectivity index (χ1v) is 6.23. The summed E-state index contributed by atoms with van der Waals surface area (Å²) >= 11 is 0. The first-order chi connectivity index (χ1) is 7.73. The summed E-state index contributed by atoms with van der Waals surface area (Å²) in [6, 6.07) is 0. The number of aliphatic imine (C=N–C) groups is 1. The average molecular weight is 217 g/mol. The third kappa shape index (κ3) is 1.34. The maximum Gasteiger partial charge on any atom is 0.106 e. The van der Waals surface area contributed by atoms with E-state index in [9.17, 15) is 0 Å². The number of fused-ring (bicyclic) bond motifs is 4. The largest absolute Gasteiger partial charge is 0.294 e. The molecule has 1 saturated carbocycles. The molecule has 3 nitrogen and oxygen atoms in total. The fraction of sp³-hybridized carbons (Fsp3) is 0.692. The molecule has 3 heteroatoms. The fourth-order valence-corrected chi connectivity index (χ4v) is 3.55. The van der Waals surface area contributed by atoms with Crippen LogP contribution in [0.5, 0.6) is 0 Å². The van der Waals surface area contributed by atoms with Crippen LogP contribution in [0, 0.1) is 5.92 Å². The molecule has 3 rings (SSSR count). The molecule has 0 aromatic carbocycles. The van der Waals surface area contributed by atoms with E-state index >= 15 is 0 Å². The van der Waals surface area contributed by atoms with Crippen LogP contribution in [0.25, 0.3) is 0 Å². The molecule has 1 heterocycles. The van der Waals surface area contributed by atoms with Crippen LogP contribution in [0.3, 0.4) is 0 Å². The summed E-state index contributed by atoms with van der Waals surface area (Å²) in [5, 5.41) is 7.69. The SMILES string of the molecule is CN=Cc1n[nH]c2c1CCC1CCC2(C)C1. The summed E-state index contributed by atoms with van der Waals surface area (Å²) in [7, 11) is 1.81. The Morgan fingerprint density at radius 2 is 2.38 bits per heavy atom. The Balaban J connectivity index is 2.10. The van der Waals surface area contributed by atoms with Crippen molar-refractivity contribution >= 4 is 6.21 Å². The van der Waals surface area contributed by atoms with Crippen LogP contribution < -0.4 is 0 Å². The molecule has 2 aliphatic rings. The Morgan fingerprint density at radius 3 is 3.19 bits per heavy atom. The van der Waals surface area contributed by atoms with Gasteiger partial charge in [-0.15, -0.1) is 0 Å². The van der Waals surface area contributed by atoms with Crippen molar-refractivity contribution in [3.05, 3.63) is 17.0 Å². The molecule has 1 fully saturated rings. The molecule has 2 aliphatic carbocycles. The summed E-state index contributed by atoms with van der Waals surface area (Å²) in [4.78, 5) is 4.09. The van der Waals surface area contributed by atoms with E-state index in [-0.39, 0.29) is 0 Å². The van der Waals surface area contributed by atoms with Crippen molar-refractivity contribution in [3.8, 4) is 0 Å². The van der Waals surface area contributed by atoms with Gasteiger partial charge in [0, 0.05) is 29.9 Å². The van der Waals surface area contributed by atoms with Gasteiger partial charge in [-0.2, -0.15) is 5.10 Å². The van der Waals surface area contributed by atoms with Crippen molar-refractivity contribution < 1.29 is 0 Å². The van der Waals surface area contributed by atoms with E-state index in [2.05, 4.69) is 22.1 Å². The van der Waals surface area contributed by atoms with Gasteiger partial charge in [0.15, 0.2) is 0 Å². The smallest absolute Gasteiger partial charge is 0.106 e. The van der Waals surface area contributed by atoms with E-state index in [1.165, 1.54) is 43.4 Å². The minimum absolute atomic E-state index is 0.351. The van der Waals surface area contributed by atoms with Gasteiger partial charge in [-0.3, -0.25) is 10.1 Å². The Hall–Kier alpha value is -1.12. The summed E-state index contributed by atoms with van der Waals surface area (Å²) in [5.41, 5.74) is 4.23. The highest BCUT2D eigenvalue weighted by Crippen LogP contribution is 2.48. The van der Waals surface area contributed by atoms with Crippen LogP contribution in [-0.4, -0.2) is 23.5 Å². The van der Waals surface area contributed by atoms with Crippen molar-refractivity contribution in [1.82, 2.24) is 10.2 Å². The van der Waals surface area contributed by atoms with Crippen LogP contribution in [0.2, 0.25) is 0 Å². The molecule has 2 unspecified atom stereocenters. The summed E-state index contributed by atoms with van der Waals surface area (Å²) < 4.78 is 0. The van der Waals surface area contributed by atoms with Gasteiger partial charge in [0.05, 0.1) is 0 Å². The topological polar surface area (TPSA) is 41.0 Å². The molecule has 2 bridgehead atoms. The van der Waals surface area contributed by atoms with E-state index in [0.717, 1.165) is 11.6 Å². The maximum atomic E-state index is 4.42. The van der Waals surface area contributed by atoms with Gasteiger partial charge in [-0.05, 0) is 38.0 Å². The predicted octanol–water partition coefficient (Wildman–Crippen LogP) is 2.46. The molecule has 86 valence electrons. The molecule has 1 aromatic heterocycles. The van der Waals surface area contributed by atoms with Gasteiger partial charge in [0.25, 0.3) is 0 Å². The van der Waals surface area contributed by atoms with E-state index in [0.29, 0.717) is 5.41 Å². The van der Waals surface area contributed by atoms with Gasteiger partial charge in [-0.1, -0.05) is 6.92 Å². The first-order valence-electron chi connectivity index (χ1n) is 6.23. The highest BCUT2D eigenvalue weighted by Gasteiger charge is 2.41. The zero-order valence-corrected chi connectivity index (χ0v) is 10.1. The lowest BCUT2D eigenvalue weighted by Gasteiger charge is -2.22. The number of aromatic nitrogens is 2. The highest BCUT2D eigenvalue weighted by atomic mass is 15.1. The second-order valence-electron chi connectivity index (χ2n) is 5.56. The van der Waals surface area contributed by atoms with Gasteiger partial charge >= 0.3 is 0 Å². The first kappa shape index (κ1) is 10.1. The normalized spacial score (nSPS) is 33.0. The minimum Gasteiger partial charge on any atom is -0.294 e. The van der Waals surface area contributed by atoms with Crippen LogP contribution in [0.4, 0.5) is 0 Å². The lowest BCUT2D eigenvalue weighted by atomic mass is 9.83. The maximum absolute atomic E-state index is 4.42. The van der Waals surface area contributed by atoms with E-state index in [1.807, 2.05) is 13.3 Å². The monoisotopic (exact) mass is 217 g/mol. The second kappa shape index (κ2) is 3.44. The van der Waals surface area contributed by atoms with Crippen molar-refractivity contribution in [1.29, 1.82) is 0 Å². The number of nitrogens with zero attached hydrogens (tertiary/aromatic N) is 2. The van der Waals surface area contributed by atoms with Gasteiger partial charge < -0.3 is 0 Å². The molecule has 1 N–H and O–H groups in total. The lowest BCUT2D eigenvalue weighted by molar-refractivity contribution is 0.444. The van der Waals surface area contributed by atoms with Crippen LogP contribution in [0.15, 0.2) is 4.99 Å². The van der Waals surface area contributed by atoms with Crippen LogP contribution in [-0.2, 0) is 11.8 Å². The highest BCUT2D eigenvalue weighted by molar-refractivity contribution is 5.79. The molecule has 2 atom stereocenters. The predicted molar refractivity (Wildman–Crippen MR) is 65.1 cm³/mol. The molecule has 0 saturated heterocycles. The molecular formula is C13H19N3. The van der Waals surface area contributed by atoms with E-state index in [1.54, 1.807) is 0 Å². The Kier molecular flexibility index (Phi) is 2.16. The zero-order chi connectivity index (χ0) is 11.2. The minimum atomic E-state index is 0.351. The van der Waals surface area contributed by atoms with Crippen molar-refractivity contribution in [2.24, 2.45) is 10.9 Å². The standard InChI is InChI=1S/C13H19N3/c1-13-6-5-9(7-13)3-4-10-11(8-14-2)15-16-12(10)13/h8-9H,3-7H2,1-2H3,(H,15,16). The van der Waals surface area contributed by atoms with E-state index < -0.39 is 0 Å².